The van der Waals surface area contributed by atoms with Gasteiger partial charge in [0.25, 0.3) is 0 Å². The summed E-state index contributed by atoms with van der Waals surface area (Å²) in [4.78, 5) is 16.3. The molecule has 30 heavy (non-hydrogen) atoms. The van der Waals surface area contributed by atoms with Gasteiger partial charge in [-0.3, -0.25) is 0 Å². The molecule has 0 saturated carbocycles. The van der Waals surface area contributed by atoms with Crippen molar-refractivity contribution >= 4 is 29.2 Å². The van der Waals surface area contributed by atoms with Gasteiger partial charge >= 0.3 is 0 Å². The third-order valence-corrected chi connectivity index (χ3v) is 5.99. The van der Waals surface area contributed by atoms with E-state index in [1.165, 1.54) is 10.5 Å². The molecule has 0 radical (unpaired) electrons. The molecule has 0 bridgehead atoms. The molecule has 1 aromatic heterocycles. The van der Waals surface area contributed by atoms with Crippen LogP contribution in [-0.4, -0.2) is 41.1 Å². The highest BCUT2D eigenvalue weighted by atomic mass is 35.5. The number of halogens is 1. The number of piperazine rings is 1. The van der Waals surface area contributed by atoms with Crippen LogP contribution in [0.3, 0.4) is 0 Å². The average Bonchev–Trinajstić information content (AvgIpc) is 2.73. The highest BCUT2D eigenvalue weighted by Crippen LogP contribution is 2.24. The van der Waals surface area contributed by atoms with Crippen molar-refractivity contribution in [3.63, 3.8) is 0 Å². The van der Waals surface area contributed by atoms with Crippen LogP contribution in [0.2, 0.25) is 5.02 Å². The normalized spacial score (nSPS) is 18.9. The van der Waals surface area contributed by atoms with Crippen LogP contribution in [0.1, 0.15) is 17.0 Å². The Balaban J connectivity index is 1.36. The molecule has 2 aromatic carbocycles. The minimum Gasteiger partial charge on any atom is -0.368 e. The number of aromatic nitrogens is 3. The van der Waals surface area contributed by atoms with E-state index in [0.717, 1.165) is 50.5 Å². The van der Waals surface area contributed by atoms with Crippen molar-refractivity contribution in [2.24, 2.45) is 0 Å². The van der Waals surface area contributed by atoms with Gasteiger partial charge in [-0.2, -0.15) is 15.0 Å². The fraction of sp³-hybridized carbons (Fsp3) is 0.318. The first-order chi connectivity index (χ1) is 14.6. The predicted octanol–water partition coefficient (Wildman–Crippen LogP) is 0.643. The van der Waals surface area contributed by atoms with Gasteiger partial charge in [0, 0.05) is 16.3 Å². The molecular formula is C22H28ClN7+2. The summed E-state index contributed by atoms with van der Waals surface area (Å²) >= 11 is 6.21. The Morgan fingerprint density at radius 3 is 2.33 bits per heavy atom. The van der Waals surface area contributed by atoms with Crippen LogP contribution in [-0.2, 0) is 13.1 Å². The number of quaternary nitrogens is 2. The van der Waals surface area contributed by atoms with E-state index in [4.69, 9.17) is 17.3 Å². The van der Waals surface area contributed by atoms with Gasteiger partial charge in [-0.1, -0.05) is 48.0 Å². The Hall–Kier alpha value is -2.74. The van der Waals surface area contributed by atoms with Crippen LogP contribution in [0.25, 0.3) is 0 Å². The third kappa shape index (κ3) is 5.24. The van der Waals surface area contributed by atoms with E-state index in [-0.39, 0.29) is 5.95 Å². The quantitative estimate of drug-likeness (QED) is 0.466. The largest absolute Gasteiger partial charge is 0.368 e. The average molecular weight is 426 g/mol. The van der Waals surface area contributed by atoms with E-state index in [1.807, 2.05) is 25.1 Å². The highest BCUT2D eigenvalue weighted by Gasteiger charge is 2.24. The first-order valence-corrected chi connectivity index (χ1v) is 10.7. The molecule has 8 heteroatoms. The van der Waals surface area contributed by atoms with E-state index in [9.17, 15) is 0 Å². The van der Waals surface area contributed by atoms with Gasteiger partial charge in [-0.05, 0) is 24.6 Å². The highest BCUT2D eigenvalue weighted by molar-refractivity contribution is 6.31. The number of nitrogen functional groups attached to an aromatic ring is 1. The van der Waals surface area contributed by atoms with Crippen LogP contribution < -0.4 is 20.9 Å². The van der Waals surface area contributed by atoms with Crippen molar-refractivity contribution in [1.82, 2.24) is 15.0 Å². The van der Waals surface area contributed by atoms with Crippen LogP contribution in [0.5, 0.6) is 0 Å². The minimum absolute atomic E-state index is 0.231. The van der Waals surface area contributed by atoms with Crippen molar-refractivity contribution in [2.75, 3.05) is 37.2 Å². The summed E-state index contributed by atoms with van der Waals surface area (Å²) in [7, 11) is 0. The lowest BCUT2D eigenvalue weighted by Gasteiger charge is -2.29. The number of benzene rings is 2. The second-order valence-corrected chi connectivity index (χ2v) is 8.22. The summed E-state index contributed by atoms with van der Waals surface area (Å²) in [5.41, 5.74) is 9.16. The number of hydrogen-bond acceptors (Lipinski definition) is 5. The van der Waals surface area contributed by atoms with Gasteiger partial charge in [0.15, 0.2) is 5.82 Å². The van der Waals surface area contributed by atoms with E-state index in [2.05, 4.69) is 50.6 Å². The summed E-state index contributed by atoms with van der Waals surface area (Å²) < 4.78 is 0. The number of nitrogens with zero attached hydrogens (tertiary/aromatic N) is 3. The fourth-order valence-corrected chi connectivity index (χ4v) is 4.03. The van der Waals surface area contributed by atoms with Crippen molar-refractivity contribution in [2.45, 2.75) is 20.0 Å². The molecule has 2 heterocycles. The van der Waals surface area contributed by atoms with Gasteiger partial charge in [0.1, 0.15) is 39.3 Å². The van der Waals surface area contributed by atoms with Gasteiger partial charge in [-0.25, -0.2) is 0 Å². The number of rotatable bonds is 6. The Bertz CT molecular complexity index is 988. The first-order valence-electron chi connectivity index (χ1n) is 10.3. The zero-order chi connectivity index (χ0) is 20.9. The minimum atomic E-state index is 0.231. The number of anilines is 3. The lowest BCUT2D eigenvalue weighted by molar-refractivity contribution is -1.02. The lowest BCUT2D eigenvalue weighted by Crippen LogP contribution is -3.27. The molecule has 3 aromatic rings. The van der Waals surface area contributed by atoms with Gasteiger partial charge in [0.05, 0.1) is 0 Å². The monoisotopic (exact) mass is 425 g/mol. The molecule has 1 saturated heterocycles. The topological polar surface area (TPSA) is 85.6 Å². The number of nitrogens with one attached hydrogen (secondary N) is 3. The van der Waals surface area contributed by atoms with Gasteiger partial charge < -0.3 is 20.9 Å². The molecule has 7 nitrogen and oxygen atoms in total. The molecule has 1 fully saturated rings. The molecule has 5 N–H and O–H groups in total. The second kappa shape index (κ2) is 9.38. The molecule has 1 aliphatic rings. The Morgan fingerprint density at radius 1 is 0.900 bits per heavy atom. The molecule has 1 aliphatic heterocycles. The molecular weight excluding hydrogens is 398 g/mol. The smallest absolute Gasteiger partial charge is 0.232 e. The molecule has 0 aliphatic carbocycles. The van der Waals surface area contributed by atoms with Gasteiger partial charge in [0.2, 0.25) is 11.9 Å². The Kier molecular flexibility index (Phi) is 6.42. The number of nitrogens with two attached hydrogens (primary N) is 1. The van der Waals surface area contributed by atoms with E-state index in [1.54, 1.807) is 4.90 Å². The van der Waals surface area contributed by atoms with Crippen molar-refractivity contribution in [1.29, 1.82) is 0 Å². The maximum atomic E-state index is 6.21. The van der Waals surface area contributed by atoms with Crippen LogP contribution in [0.15, 0.2) is 48.5 Å². The summed E-state index contributed by atoms with van der Waals surface area (Å²) in [5, 5.41) is 3.92. The van der Waals surface area contributed by atoms with Crippen molar-refractivity contribution in [3.8, 4) is 0 Å². The first kappa shape index (κ1) is 20.5. The van der Waals surface area contributed by atoms with E-state index < -0.39 is 0 Å². The predicted molar refractivity (Wildman–Crippen MR) is 119 cm³/mol. The zero-order valence-electron chi connectivity index (χ0n) is 17.2. The van der Waals surface area contributed by atoms with Crippen molar-refractivity contribution < 1.29 is 9.80 Å². The van der Waals surface area contributed by atoms with Crippen LogP contribution in [0.4, 0.5) is 17.6 Å². The maximum Gasteiger partial charge on any atom is 0.232 e. The molecule has 0 unspecified atom stereocenters. The maximum absolute atomic E-state index is 6.21. The molecule has 0 amide bonds. The zero-order valence-corrected chi connectivity index (χ0v) is 17.9. The van der Waals surface area contributed by atoms with Crippen LogP contribution >= 0.6 is 11.6 Å². The number of hydrogen-bond donors (Lipinski definition) is 4. The molecule has 4 rings (SSSR count). The summed E-state index contributed by atoms with van der Waals surface area (Å²) in [6, 6.07) is 16.4. The third-order valence-electron chi connectivity index (χ3n) is 5.58. The Morgan fingerprint density at radius 2 is 1.60 bits per heavy atom. The van der Waals surface area contributed by atoms with E-state index in [0.29, 0.717) is 16.8 Å². The second-order valence-electron chi connectivity index (χ2n) is 7.81. The lowest BCUT2D eigenvalue weighted by atomic mass is 10.2. The Labute approximate surface area is 181 Å². The SMILES string of the molecule is Cc1c(Cl)cccc1Nc1nc(N)nc(C[NH+]2CC[NH+](Cc3ccccc3)CC2)n1. The van der Waals surface area contributed by atoms with E-state index >= 15 is 0 Å². The molecule has 0 spiro atoms. The summed E-state index contributed by atoms with van der Waals surface area (Å²) in [5.74, 6) is 1.40. The molecule has 156 valence electrons. The standard InChI is InChI=1S/C22H26ClN7/c1-16-18(23)8-5-9-19(16)25-22-27-20(26-21(24)28-22)15-30-12-10-29(11-13-30)14-17-6-3-2-4-7-17/h2-9H,10-15H2,1H3,(H3,24,25,26,27,28)/p+2. The fourth-order valence-electron chi connectivity index (χ4n) is 3.86. The van der Waals surface area contributed by atoms with Crippen molar-refractivity contribution in [3.05, 3.63) is 70.5 Å². The van der Waals surface area contributed by atoms with Crippen LogP contribution in [0, 0.1) is 6.92 Å². The summed E-state index contributed by atoms with van der Waals surface area (Å²) in [6.07, 6.45) is 0. The van der Waals surface area contributed by atoms with Gasteiger partial charge in [-0.15, -0.1) is 0 Å². The molecule has 0 atom stereocenters. The summed E-state index contributed by atoms with van der Waals surface area (Å²) in [6.45, 7) is 8.23.